The quantitative estimate of drug-likeness (QED) is 0.0568. The van der Waals surface area contributed by atoms with Gasteiger partial charge in [0.05, 0.1) is 24.2 Å². The average molecular weight is 709 g/mol. The van der Waals surface area contributed by atoms with E-state index in [4.69, 9.17) is 13.6 Å². The number of sulfonamides is 1. The topological polar surface area (TPSA) is 134 Å². The molecule has 0 aliphatic carbocycles. The van der Waals surface area contributed by atoms with Gasteiger partial charge >= 0.3 is 5.97 Å². The summed E-state index contributed by atoms with van der Waals surface area (Å²) in [7, 11) is -7.76. The Morgan fingerprint density at radius 1 is 0.851 bits per heavy atom. The number of nitro groups is 1. The third-order valence-electron chi connectivity index (χ3n) is 9.59. The molecule has 0 bridgehead atoms. The number of hydrogen-bond donors (Lipinski definition) is 1. The fourth-order valence-corrected chi connectivity index (χ4v) is 8.83. The molecule has 3 atom stereocenters. The summed E-state index contributed by atoms with van der Waals surface area (Å²) in [6.07, 6.45) is 1.49. The largest absolute Gasteiger partial charge is 0.469 e. The summed E-state index contributed by atoms with van der Waals surface area (Å²) in [6, 6.07) is 13.8. The molecule has 264 valence electrons. The third-order valence-corrected chi connectivity index (χ3v) is 20.1. The normalized spacial score (nSPS) is 15.1. The molecule has 0 aromatic heterocycles. The first-order valence-corrected chi connectivity index (χ1v) is 23.6. The molecule has 0 aliphatic heterocycles. The van der Waals surface area contributed by atoms with Crippen molar-refractivity contribution >= 4 is 38.3 Å². The molecule has 0 aliphatic rings. The first kappa shape index (κ1) is 40.7. The molecule has 0 amide bonds. The van der Waals surface area contributed by atoms with Crippen LogP contribution in [0.1, 0.15) is 85.3 Å². The first-order chi connectivity index (χ1) is 21.5. The van der Waals surface area contributed by atoms with Crippen LogP contribution in [0.2, 0.25) is 36.3 Å². The Kier molecular flexibility index (Phi) is 14.1. The Hall–Kier alpha value is -2.43. The fourth-order valence-electron chi connectivity index (χ4n) is 4.68. The highest BCUT2D eigenvalue weighted by Crippen LogP contribution is 2.42. The molecule has 2 rings (SSSR count). The molecule has 0 spiro atoms. The number of para-hydroxylation sites is 1. The van der Waals surface area contributed by atoms with E-state index in [-0.39, 0.29) is 22.5 Å². The average Bonchev–Trinajstić information content (AvgIpc) is 2.96. The number of carbonyl (C=O) groups excluding carboxylic acids is 1. The van der Waals surface area contributed by atoms with Crippen molar-refractivity contribution in [3.05, 3.63) is 70.3 Å². The van der Waals surface area contributed by atoms with Crippen molar-refractivity contribution in [2.75, 3.05) is 7.11 Å². The Bertz CT molecular complexity index is 1440. The number of nitro benzene ring substituents is 1. The molecule has 13 heteroatoms. The smallest absolute Gasteiger partial charge is 0.305 e. The molecule has 0 heterocycles. The van der Waals surface area contributed by atoms with Crippen molar-refractivity contribution in [3.8, 4) is 0 Å². The zero-order valence-electron chi connectivity index (χ0n) is 30.1. The van der Waals surface area contributed by atoms with Gasteiger partial charge in [0.15, 0.2) is 21.5 Å². The second-order valence-corrected chi connectivity index (χ2v) is 26.4. The minimum atomic E-state index is -4.34. The van der Waals surface area contributed by atoms with E-state index >= 15 is 0 Å². The van der Waals surface area contributed by atoms with E-state index in [1.165, 1.54) is 31.4 Å². The number of esters is 1. The van der Waals surface area contributed by atoms with Gasteiger partial charge in [-0.1, -0.05) is 90.4 Å². The number of methoxy groups -OCH3 is 1. The summed E-state index contributed by atoms with van der Waals surface area (Å²) in [4.78, 5) is 22.6. The Morgan fingerprint density at radius 2 is 1.36 bits per heavy atom. The number of benzene rings is 2. The summed E-state index contributed by atoms with van der Waals surface area (Å²) in [5.74, 6) is -0.269. The maximum Gasteiger partial charge on any atom is 0.305 e. The molecule has 1 N–H and O–H groups in total. The van der Waals surface area contributed by atoms with Gasteiger partial charge < -0.3 is 13.6 Å². The van der Waals surface area contributed by atoms with Crippen LogP contribution in [0.25, 0.3) is 0 Å². The molecule has 2 aromatic rings. The molecule has 47 heavy (non-hydrogen) atoms. The summed E-state index contributed by atoms with van der Waals surface area (Å²) in [5, 5.41) is 11.5. The third kappa shape index (κ3) is 11.6. The Balaban J connectivity index is 2.68. The first-order valence-electron chi connectivity index (χ1n) is 16.3. The van der Waals surface area contributed by atoms with Crippen molar-refractivity contribution in [1.29, 1.82) is 0 Å². The second kappa shape index (κ2) is 16.3. The summed E-state index contributed by atoms with van der Waals surface area (Å²) < 4.78 is 49.7. The minimum Gasteiger partial charge on any atom is -0.469 e. The van der Waals surface area contributed by atoms with Crippen molar-refractivity contribution in [2.24, 2.45) is 0 Å². The molecule has 0 saturated carbocycles. The number of carbonyl (C=O) groups is 1. The number of nitrogens with one attached hydrogen (secondary N) is 1. The van der Waals surface area contributed by atoms with Crippen LogP contribution in [0.4, 0.5) is 5.69 Å². The molecular weight excluding hydrogens is 653 g/mol. The summed E-state index contributed by atoms with van der Waals surface area (Å²) >= 11 is 0. The van der Waals surface area contributed by atoms with Crippen LogP contribution in [-0.4, -0.2) is 55.3 Å². The van der Waals surface area contributed by atoms with E-state index in [1.807, 2.05) is 30.3 Å². The van der Waals surface area contributed by atoms with Crippen LogP contribution < -0.4 is 4.72 Å². The monoisotopic (exact) mass is 708 g/mol. The lowest BCUT2D eigenvalue weighted by Gasteiger charge is -2.46. The summed E-state index contributed by atoms with van der Waals surface area (Å²) in [5.41, 5.74) is 0.209. The second-order valence-electron chi connectivity index (χ2n) is 15.2. The molecular formula is C34H56N2O8SSi2. The zero-order valence-corrected chi connectivity index (χ0v) is 32.9. The number of unbranched alkanes of at least 4 members (excludes halogenated alkanes) is 1. The van der Waals surface area contributed by atoms with Gasteiger partial charge in [0.2, 0.25) is 10.0 Å². The Morgan fingerprint density at radius 3 is 1.87 bits per heavy atom. The molecule has 0 radical (unpaired) electrons. The SMILES string of the molecule is COC(=O)CCCC[C@@H](O[Si](C)(C)C(C)(C)C)[C@@H](C[C@@H](NS(=O)(=O)c1ccccc1[N+](=O)[O-])c1ccccc1)O[Si](C)(C)C(C)(C)C. The summed E-state index contributed by atoms with van der Waals surface area (Å²) in [6.45, 7) is 21.7. The minimum absolute atomic E-state index is 0.106. The Labute approximate surface area is 284 Å². The van der Waals surface area contributed by atoms with Gasteiger partial charge in [0.1, 0.15) is 0 Å². The maximum atomic E-state index is 13.9. The lowest BCUT2D eigenvalue weighted by Crippen LogP contribution is -2.52. The fraction of sp³-hybridized carbons (Fsp3) is 0.618. The van der Waals surface area contributed by atoms with E-state index in [0.717, 1.165) is 0 Å². The van der Waals surface area contributed by atoms with Gasteiger partial charge in [-0.05, 0) is 67.2 Å². The lowest BCUT2D eigenvalue weighted by atomic mass is 9.96. The lowest BCUT2D eigenvalue weighted by molar-refractivity contribution is -0.387. The molecule has 0 saturated heterocycles. The van der Waals surface area contributed by atoms with Gasteiger partial charge in [-0.3, -0.25) is 14.9 Å². The number of rotatable bonds is 17. The molecule has 2 aromatic carbocycles. The van der Waals surface area contributed by atoms with E-state index in [2.05, 4.69) is 72.5 Å². The standard InChI is InChI=1S/C34H56N2O8SSi2/c1-33(2,3)46(8,9)43-29(22-16-18-24-32(37)42-7)30(44-47(10,11)34(4,5)6)25-27(26-19-13-12-14-20-26)35-45(40,41)31-23-17-15-21-28(31)36(38)39/h12-15,17,19-21,23,27,29-30,35H,16,18,22,24-25H2,1-11H3/t27-,29-,30-/m1/s1. The van der Waals surface area contributed by atoms with Gasteiger partial charge in [0, 0.05) is 18.5 Å². The van der Waals surface area contributed by atoms with E-state index in [1.54, 1.807) is 0 Å². The van der Waals surface area contributed by atoms with Gasteiger partial charge in [-0.25, -0.2) is 13.1 Å². The van der Waals surface area contributed by atoms with Crippen molar-refractivity contribution < 1.29 is 31.7 Å². The van der Waals surface area contributed by atoms with E-state index < -0.39 is 60.4 Å². The zero-order chi connectivity index (χ0) is 35.8. The predicted octanol–water partition coefficient (Wildman–Crippen LogP) is 8.52. The predicted molar refractivity (Wildman–Crippen MR) is 192 cm³/mol. The van der Waals surface area contributed by atoms with Crippen molar-refractivity contribution in [2.45, 2.75) is 133 Å². The van der Waals surface area contributed by atoms with Crippen LogP contribution in [0.3, 0.4) is 0 Å². The molecule has 10 nitrogen and oxygen atoms in total. The van der Waals surface area contributed by atoms with Crippen molar-refractivity contribution in [3.63, 3.8) is 0 Å². The molecule has 0 fully saturated rings. The number of ether oxygens (including phenoxy) is 1. The number of nitrogens with zero attached hydrogens (tertiary/aromatic N) is 1. The van der Waals surface area contributed by atoms with E-state index in [0.29, 0.717) is 31.2 Å². The van der Waals surface area contributed by atoms with Gasteiger partial charge in [0.25, 0.3) is 5.69 Å². The van der Waals surface area contributed by atoms with Crippen LogP contribution in [-0.2, 0) is 28.4 Å². The number of hydrogen-bond acceptors (Lipinski definition) is 8. The highest BCUT2D eigenvalue weighted by atomic mass is 32.2. The van der Waals surface area contributed by atoms with Crippen molar-refractivity contribution in [1.82, 2.24) is 4.72 Å². The van der Waals surface area contributed by atoms with Crippen LogP contribution in [0.15, 0.2) is 59.5 Å². The van der Waals surface area contributed by atoms with Crippen LogP contribution in [0, 0.1) is 10.1 Å². The highest BCUT2D eigenvalue weighted by molar-refractivity contribution is 7.89. The van der Waals surface area contributed by atoms with E-state index in [9.17, 15) is 23.3 Å². The maximum absolute atomic E-state index is 13.9. The van der Waals surface area contributed by atoms with Gasteiger partial charge in [-0.15, -0.1) is 0 Å². The van der Waals surface area contributed by atoms with Gasteiger partial charge in [-0.2, -0.15) is 0 Å². The van der Waals surface area contributed by atoms with Crippen LogP contribution in [0.5, 0.6) is 0 Å². The van der Waals surface area contributed by atoms with Crippen LogP contribution >= 0.6 is 0 Å². The highest BCUT2D eigenvalue weighted by Gasteiger charge is 2.45. The molecule has 0 unspecified atom stereocenters.